The Labute approximate surface area is 133 Å². The molecule has 1 heterocycles. The lowest BCUT2D eigenvalue weighted by Gasteiger charge is -2.45. The molecule has 3 heteroatoms. The quantitative estimate of drug-likeness (QED) is 0.894. The Kier molecular flexibility index (Phi) is 4.88. The van der Waals surface area contributed by atoms with Crippen molar-refractivity contribution in [2.75, 3.05) is 6.54 Å². The molecule has 0 aromatic heterocycles. The summed E-state index contributed by atoms with van der Waals surface area (Å²) in [5, 5.41) is 0.806. The maximum absolute atomic E-state index is 6.53. The zero-order chi connectivity index (χ0) is 14.8. The number of piperidine rings is 1. The van der Waals surface area contributed by atoms with Crippen molar-refractivity contribution in [3.8, 4) is 0 Å². The first-order valence-corrected chi connectivity index (χ1v) is 8.85. The third kappa shape index (κ3) is 3.13. The van der Waals surface area contributed by atoms with Gasteiger partial charge in [-0.25, -0.2) is 0 Å². The van der Waals surface area contributed by atoms with Crippen LogP contribution < -0.4 is 5.73 Å². The van der Waals surface area contributed by atoms with Crippen LogP contribution in [0.3, 0.4) is 0 Å². The molecule has 1 aliphatic carbocycles. The van der Waals surface area contributed by atoms with Crippen molar-refractivity contribution in [2.24, 2.45) is 11.7 Å². The van der Waals surface area contributed by atoms with Gasteiger partial charge in [0.1, 0.15) is 0 Å². The van der Waals surface area contributed by atoms with E-state index in [1.54, 1.807) is 0 Å². The predicted octanol–water partition coefficient (Wildman–Crippen LogP) is 4.38. The number of nitrogens with two attached hydrogens (primary N) is 1. The van der Waals surface area contributed by atoms with Gasteiger partial charge in [-0.3, -0.25) is 4.90 Å². The molecule has 1 aromatic rings. The van der Waals surface area contributed by atoms with Crippen LogP contribution in [0.15, 0.2) is 24.3 Å². The topological polar surface area (TPSA) is 29.3 Å². The molecule has 4 unspecified atom stereocenters. The second-order valence-corrected chi connectivity index (χ2v) is 7.14. The Hall–Kier alpha value is -0.570. The zero-order valence-electron chi connectivity index (χ0n) is 13.0. The summed E-state index contributed by atoms with van der Waals surface area (Å²) in [6, 6.07) is 9.63. The van der Waals surface area contributed by atoms with Crippen LogP contribution in [-0.2, 0) is 0 Å². The van der Waals surface area contributed by atoms with E-state index in [2.05, 4.69) is 24.0 Å². The molecule has 1 saturated carbocycles. The van der Waals surface area contributed by atoms with Crippen molar-refractivity contribution >= 4 is 11.6 Å². The Morgan fingerprint density at radius 1 is 1.19 bits per heavy atom. The summed E-state index contributed by atoms with van der Waals surface area (Å²) in [6.45, 7) is 3.39. The first-order chi connectivity index (χ1) is 10.2. The van der Waals surface area contributed by atoms with Gasteiger partial charge in [-0.05, 0) is 62.3 Å². The number of likely N-dealkylation sites (tertiary alicyclic amines) is 1. The Balaban J connectivity index is 1.89. The maximum Gasteiger partial charge on any atom is 0.0502 e. The average Bonchev–Trinajstić information content (AvgIpc) is 2.98. The summed E-state index contributed by atoms with van der Waals surface area (Å²) < 4.78 is 0. The van der Waals surface area contributed by atoms with Gasteiger partial charge in [-0.15, -0.1) is 0 Å². The normalized spacial score (nSPS) is 29.1. The fourth-order valence-electron chi connectivity index (χ4n) is 4.41. The number of benzene rings is 1. The van der Waals surface area contributed by atoms with Gasteiger partial charge in [-0.2, -0.15) is 0 Å². The fourth-order valence-corrected chi connectivity index (χ4v) is 4.53. The van der Waals surface area contributed by atoms with E-state index < -0.39 is 0 Å². The Morgan fingerprint density at radius 3 is 2.62 bits per heavy atom. The third-order valence-electron chi connectivity index (χ3n) is 5.48. The minimum atomic E-state index is 0.200. The molecule has 2 nitrogen and oxygen atoms in total. The average molecular weight is 307 g/mol. The van der Waals surface area contributed by atoms with E-state index in [-0.39, 0.29) is 6.04 Å². The van der Waals surface area contributed by atoms with E-state index >= 15 is 0 Å². The van der Waals surface area contributed by atoms with Crippen molar-refractivity contribution in [3.05, 3.63) is 34.9 Å². The molecule has 0 radical (unpaired) electrons. The van der Waals surface area contributed by atoms with Crippen molar-refractivity contribution in [1.82, 2.24) is 4.90 Å². The van der Waals surface area contributed by atoms with E-state index in [0.717, 1.165) is 23.4 Å². The van der Waals surface area contributed by atoms with E-state index in [4.69, 9.17) is 17.3 Å². The Morgan fingerprint density at radius 2 is 1.90 bits per heavy atom. The van der Waals surface area contributed by atoms with Crippen molar-refractivity contribution < 1.29 is 0 Å². The summed E-state index contributed by atoms with van der Waals surface area (Å²) >= 11 is 6.06. The molecule has 0 amide bonds. The van der Waals surface area contributed by atoms with Crippen LogP contribution in [0.2, 0.25) is 5.02 Å². The van der Waals surface area contributed by atoms with Crippen LogP contribution >= 0.6 is 11.6 Å². The monoisotopic (exact) mass is 306 g/mol. The minimum Gasteiger partial charge on any atom is -0.326 e. The highest BCUT2D eigenvalue weighted by Gasteiger charge is 2.39. The highest BCUT2D eigenvalue weighted by Crippen LogP contribution is 2.41. The van der Waals surface area contributed by atoms with Crippen molar-refractivity contribution in [2.45, 2.75) is 63.6 Å². The molecule has 2 N–H and O–H groups in total. The summed E-state index contributed by atoms with van der Waals surface area (Å²) in [4.78, 5) is 2.72. The van der Waals surface area contributed by atoms with Gasteiger partial charge in [0.2, 0.25) is 0 Å². The molecule has 0 spiro atoms. The third-order valence-corrected chi connectivity index (χ3v) is 5.73. The first kappa shape index (κ1) is 15.3. The number of hydrogen-bond donors (Lipinski definition) is 1. The minimum absolute atomic E-state index is 0.200. The van der Waals surface area contributed by atoms with Crippen LogP contribution in [0, 0.1) is 5.92 Å². The lowest BCUT2D eigenvalue weighted by Crippen LogP contribution is -2.50. The molecule has 4 atom stereocenters. The first-order valence-electron chi connectivity index (χ1n) is 8.47. The second kappa shape index (κ2) is 6.68. The number of halogens is 1. The summed E-state index contributed by atoms with van der Waals surface area (Å²) in [6.07, 6.45) is 7.90. The van der Waals surface area contributed by atoms with Gasteiger partial charge in [0.05, 0.1) is 6.04 Å². The summed E-state index contributed by atoms with van der Waals surface area (Å²) in [5.74, 6) is 0.901. The fraction of sp³-hybridized carbons (Fsp3) is 0.667. The molecule has 0 bridgehead atoms. The molecular weight excluding hydrogens is 280 g/mol. The van der Waals surface area contributed by atoms with Gasteiger partial charge in [0.25, 0.3) is 0 Å². The number of nitrogens with zero attached hydrogens (tertiary/aromatic N) is 1. The molecule has 2 fully saturated rings. The van der Waals surface area contributed by atoms with E-state index in [0.29, 0.717) is 6.04 Å². The number of hydrogen-bond acceptors (Lipinski definition) is 2. The number of fused-ring (bicyclic) bond motifs is 1. The predicted molar refractivity (Wildman–Crippen MR) is 89.5 cm³/mol. The lowest BCUT2D eigenvalue weighted by atomic mass is 9.87. The zero-order valence-corrected chi connectivity index (χ0v) is 13.7. The van der Waals surface area contributed by atoms with E-state index in [1.165, 1.54) is 44.2 Å². The van der Waals surface area contributed by atoms with Gasteiger partial charge in [0, 0.05) is 17.1 Å². The lowest BCUT2D eigenvalue weighted by molar-refractivity contribution is 0.0538. The Bertz CT molecular complexity index is 459. The molecule has 3 rings (SSSR count). The molecule has 1 aromatic carbocycles. The largest absolute Gasteiger partial charge is 0.326 e. The van der Waals surface area contributed by atoms with Crippen LogP contribution in [0.5, 0.6) is 0 Å². The van der Waals surface area contributed by atoms with Crippen LogP contribution in [-0.4, -0.2) is 23.5 Å². The maximum atomic E-state index is 6.53. The molecular formula is C18H27ClN2. The van der Waals surface area contributed by atoms with Crippen molar-refractivity contribution in [1.29, 1.82) is 0 Å². The summed E-state index contributed by atoms with van der Waals surface area (Å²) in [5.41, 5.74) is 7.86. The SMILES string of the molecule is CCC(N)C(c1ccc(Cl)cc1)N1CCCC2CCCC21. The van der Waals surface area contributed by atoms with Gasteiger partial charge < -0.3 is 5.73 Å². The van der Waals surface area contributed by atoms with E-state index in [9.17, 15) is 0 Å². The number of rotatable bonds is 4. The van der Waals surface area contributed by atoms with Crippen LogP contribution in [0.25, 0.3) is 0 Å². The molecule has 1 aliphatic heterocycles. The van der Waals surface area contributed by atoms with Crippen LogP contribution in [0.1, 0.15) is 57.1 Å². The standard InChI is InChI=1S/C18H27ClN2/c1-2-16(20)18(14-8-10-15(19)11-9-14)21-12-4-6-13-5-3-7-17(13)21/h8-11,13,16-18H,2-7,12,20H2,1H3. The van der Waals surface area contributed by atoms with Gasteiger partial charge in [-0.1, -0.05) is 37.1 Å². The summed E-state index contributed by atoms with van der Waals surface area (Å²) in [7, 11) is 0. The second-order valence-electron chi connectivity index (χ2n) is 6.71. The van der Waals surface area contributed by atoms with E-state index in [1.807, 2.05) is 12.1 Å². The highest BCUT2D eigenvalue weighted by atomic mass is 35.5. The molecule has 116 valence electrons. The van der Waals surface area contributed by atoms with Crippen molar-refractivity contribution in [3.63, 3.8) is 0 Å². The van der Waals surface area contributed by atoms with Gasteiger partial charge in [0.15, 0.2) is 0 Å². The highest BCUT2D eigenvalue weighted by molar-refractivity contribution is 6.30. The molecule has 2 aliphatic rings. The smallest absolute Gasteiger partial charge is 0.0502 e. The van der Waals surface area contributed by atoms with Crippen LogP contribution in [0.4, 0.5) is 0 Å². The molecule has 1 saturated heterocycles. The molecule has 21 heavy (non-hydrogen) atoms. The van der Waals surface area contributed by atoms with Gasteiger partial charge >= 0.3 is 0 Å².